The van der Waals surface area contributed by atoms with Crippen LogP contribution >= 0.6 is 0 Å². The van der Waals surface area contributed by atoms with E-state index in [1.807, 2.05) is 6.07 Å². The van der Waals surface area contributed by atoms with Crippen molar-refractivity contribution in [3.8, 4) is 5.75 Å². The van der Waals surface area contributed by atoms with E-state index in [2.05, 4.69) is 5.32 Å². The molecule has 2 rings (SSSR count). The minimum absolute atomic E-state index is 0.163. The van der Waals surface area contributed by atoms with Crippen molar-refractivity contribution in [3.63, 3.8) is 0 Å². The van der Waals surface area contributed by atoms with Crippen LogP contribution < -0.4 is 5.32 Å². The summed E-state index contributed by atoms with van der Waals surface area (Å²) in [7, 11) is 1.39. The van der Waals surface area contributed by atoms with Crippen LogP contribution in [-0.4, -0.2) is 24.7 Å². The van der Waals surface area contributed by atoms with E-state index >= 15 is 0 Å². The minimum atomic E-state index is -0.212. The van der Waals surface area contributed by atoms with Crippen molar-refractivity contribution in [1.82, 2.24) is 0 Å². The average Bonchev–Trinajstić information content (AvgIpc) is 2.27. The second kappa shape index (κ2) is 3.81. The van der Waals surface area contributed by atoms with Gasteiger partial charge in [-0.25, -0.2) is 0 Å². The fraction of sp³-hybridized carbons (Fsp3) is 0.364. The number of phenols is 1. The first-order chi connectivity index (χ1) is 7.20. The van der Waals surface area contributed by atoms with Gasteiger partial charge in [0.1, 0.15) is 5.75 Å². The van der Waals surface area contributed by atoms with E-state index in [1.54, 1.807) is 12.1 Å². The van der Waals surface area contributed by atoms with Gasteiger partial charge >= 0.3 is 5.97 Å². The van der Waals surface area contributed by atoms with Crippen molar-refractivity contribution in [1.29, 1.82) is 0 Å². The molecule has 0 aliphatic carbocycles. The SMILES string of the molecule is COC(=O)C1CNc2ccc(O)cc2C1. The molecule has 15 heavy (non-hydrogen) atoms. The Balaban J connectivity index is 2.22. The van der Waals surface area contributed by atoms with Gasteiger partial charge in [-0.2, -0.15) is 0 Å². The van der Waals surface area contributed by atoms with Gasteiger partial charge in [-0.15, -0.1) is 0 Å². The second-order valence-corrected chi connectivity index (χ2v) is 3.65. The Labute approximate surface area is 87.9 Å². The first kappa shape index (κ1) is 9.83. The van der Waals surface area contributed by atoms with Crippen LogP contribution in [0, 0.1) is 5.92 Å². The van der Waals surface area contributed by atoms with Crippen LogP contribution in [0.5, 0.6) is 5.75 Å². The van der Waals surface area contributed by atoms with Gasteiger partial charge in [-0.05, 0) is 30.2 Å². The molecule has 0 fully saturated rings. The number of hydrogen-bond donors (Lipinski definition) is 2. The van der Waals surface area contributed by atoms with E-state index in [1.165, 1.54) is 7.11 Å². The summed E-state index contributed by atoms with van der Waals surface area (Å²) in [5.74, 6) is -0.151. The number of methoxy groups -OCH3 is 1. The van der Waals surface area contributed by atoms with Gasteiger partial charge in [0.05, 0.1) is 13.0 Å². The first-order valence-electron chi connectivity index (χ1n) is 4.84. The maximum Gasteiger partial charge on any atom is 0.310 e. The van der Waals surface area contributed by atoms with Crippen molar-refractivity contribution in [2.24, 2.45) is 5.92 Å². The number of fused-ring (bicyclic) bond motifs is 1. The molecule has 0 spiro atoms. The molecule has 0 bridgehead atoms. The Hall–Kier alpha value is -1.71. The predicted octanol–water partition coefficient (Wildman–Crippen LogP) is 1.15. The van der Waals surface area contributed by atoms with Crippen LogP contribution in [0.2, 0.25) is 0 Å². The number of rotatable bonds is 1. The molecule has 0 saturated heterocycles. The zero-order valence-corrected chi connectivity index (χ0v) is 8.49. The maximum atomic E-state index is 11.3. The Morgan fingerprint density at radius 2 is 2.40 bits per heavy atom. The number of anilines is 1. The van der Waals surface area contributed by atoms with Gasteiger partial charge in [0, 0.05) is 12.2 Å². The van der Waals surface area contributed by atoms with E-state index in [4.69, 9.17) is 4.74 Å². The van der Waals surface area contributed by atoms with E-state index in [9.17, 15) is 9.90 Å². The lowest BCUT2D eigenvalue weighted by molar-refractivity contribution is -0.145. The number of carbonyl (C=O) groups is 1. The highest BCUT2D eigenvalue weighted by atomic mass is 16.5. The highest BCUT2D eigenvalue weighted by Gasteiger charge is 2.25. The molecule has 1 unspecified atom stereocenters. The molecule has 1 aliphatic rings. The third-order valence-electron chi connectivity index (χ3n) is 2.63. The van der Waals surface area contributed by atoms with E-state index in [0.29, 0.717) is 13.0 Å². The van der Waals surface area contributed by atoms with Crippen LogP contribution in [0.15, 0.2) is 18.2 Å². The first-order valence-corrected chi connectivity index (χ1v) is 4.84. The van der Waals surface area contributed by atoms with Crippen molar-refractivity contribution in [2.45, 2.75) is 6.42 Å². The summed E-state index contributed by atoms with van der Waals surface area (Å²) in [5, 5.41) is 12.5. The molecule has 0 saturated carbocycles. The molecule has 1 heterocycles. The molecule has 1 aromatic rings. The molecular weight excluding hydrogens is 194 g/mol. The third-order valence-corrected chi connectivity index (χ3v) is 2.63. The molecule has 1 atom stereocenters. The Kier molecular flexibility index (Phi) is 2.49. The van der Waals surface area contributed by atoms with Gasteiger partial charge in [0.15, 0.2) is 0 Å². The molecule has 0 radical (unpaired) electrons. The molecular formula is C11H13NO3. The molecule has 1 aliphatic heterocycles. The molecule has 4 heteroatoms. The number of phenolic OH excluding ortho intramolecular Hbond substituents is 1. The number of benzene rings is 1. The number of hydrogen-bond acceptors (Lipinski definition) is 4. The summed E-state index contributed by atoms with van der Waals surface area (Å²) in [5.41, 5.74) is 1.93. The lowest BCUT2D eigenvalue weighted by Crippen LogP contribution is -2.30. The summed E-state index contributed by atoms with van der Waals surface area (Å²) in [6.07, 6.45) is 0.614. The normalized spacial score (nSPS) is 18.9. The molecule has 1 aromatic carbocycles. The van der Waals surface area contributed by atoms with E-state index in [0.717, 1.165) is 11.3 Å². The van der Waals surface area contributed by atoms with Crippen molar-refractivity contribution >= 4 is 11.7 Å². The smallest absolute Gasteiger partial charge is 0.310 e. The quantitative estimate of drug-likeness (QED) is 0.535. The van der Waals surface area contributed by atoms with Crippen LogP contribution in [0.25, 0.3) is 0 Å². The van der Waals surface area contributed by atoms with Crippen LogP contribution in [0.1, 0.15) is 5.56 Å². The molecule has 0 amide bonds. The molecule has 0 aromatic heterocycles. The Morgan fingerprint density at radius 1 is 1.60 bits per heavy atom. The van der Waals surface area contributed by atoms with Crippen molar-refractivity contribution < 1.29 is 14.6 Å². The molecule has 4 nitrogen and oxygen atoms in total. The Morgan fingerprint density at radius 3 is 3.13 bits per heavy atom. The Bertz CT molecular complexity index is 389. The fourth-order valence-electron chi connectivity index (χ4n) is 1.83. The minimum Gasteiger partial charge on any atom is -0.508 e. The summed E-state index contributed by atoms with van der Waals surface area (Å²) < 4.78 is 4.69. The van der Waals surface area contributed by atoms with Gasteiger partial charge in [-0.1, -0.05) is 0 Å². The fourth-order valence-corrected chi connectivity index (χ4v) is 1.83. The topological polar surface area (TPSA) is 58.6 Å². The molecule has 80 valence electrons. The average molecular weight is 207 g/mol. The standard InChI is InChI=1S/C11H13NO3/c1-15-11(14)8-4-7-5-9(13)2-3-10(7)12-6-8/h2-3,5,8,12-13H,4,6H2,1H3. The summed E-state index contributed by atoms with van der Waals surface area (Å²) in [4.78, 5) is 11.3. The lowest BCUT2D eigenvalue weighted by Gasteiger charge is -2.24. The van der Waals surface area contributed by atoms with Crippen molar-refractivity contribution in [2.75, 3.05) is 19.0 Å². The second-order valence-electron chi connectivity index (χ2n) is 3.65. The van der Waals surface area contributed by atoms with Crippen LogP contribution in [0.4, 0.5) is 5.69 Å². The van der Waals surface area contributed by atoms with Crippen LogP contribution in [-0.2, 0) is 16.0 Å². The monoisotopic (exact) mass is 207 g/mol. The predicted molar refractivity (Wildman–Crippen MR) is 55.8 cm³/mol. The van der Waals surface area contributed by atoms with Gasteiger partial charge < -0.3 is 15.2 Å². The zero-order valence-electron chi connectivity index (χ0n) is 8.49. The number of nitrogens with one attached hydrogen (secondary N) is 1. The van der Waals surface area contributed by atoms with Crippen LogP contribution in [0.3, 0.4) is 0 Å². The van der Waals surface area contributed by atoms with Crippen molar-refractivity contribution in [3.05, 3.63) is 23.8 Å². The summed E-state index contributed by atoms with van der Waals surface area (Å²) in [6.45, 7) is 0.588. The lowest BCUT2D eigenvalue weighted by atomic mass is 9.94. The maximum absolute atomic E-state index is 11.3. The molecule has 2 N–H and O–H groups in total. The number of ether oxygens (including phenoxy) is 1. The van der Waals surface area contributed by atoms with Gasteiger partial charge in [-0.3, -0.25) is 4.79 Å². The number of esters is 1. The third kappa shape index (κ3) is 1.88. The zero-order chi connectivity index (χ0) is 10.8. The van der Waals surface area contributed by atoms with E-state index < -0.39 is 0 Å². The largest absolute Gasteiger partial charge is 0.508 e. The number of carbonyl (C=O) groups excluding carboxylic acids is 1. The highest BCUT2D eigenvalue weighted by Crippen LogP contribution is 2.28. The summed E-state index contributed by atoms with van der Waals surface area (Å²) in [6, 6.07) is 5.12. The van der Waals surface area contributed by atoms with E-state index in [-0.39, 0.29) is 17.6 Å². The van der Waals surface area contributed by atoms with Gasteiger partial charge in [0.2, 0.25) is 0 Å². The van der Waals surface area contributed by atoms with Gasteiger partial charge in [0.25, 0.3) is 0 Å². The highest BCUT2D eigenvalue weighted by molar-refractivity contribution is 5.75. The summed E-state index contributed by atoms with van der Waals surface area (Å²) >= 11 is 0. The number of aromatic hydroxyl groups is 1.